The lowest BCUT2D eigenvalue weighted by atomic mass is 10.3. The van der Waals surface area contributed by atoms with E-state index in [0.717, 1.165) is 10.8 Å². The standard InChI is InChI=1S/C10H16N4O5/c1-3-12-6-8(14(18)19)9(16)13(10(12)17)5-7(15)4-11-2/h6-7,11,15H,3-5H2,1-2H3. The molecule has 1 aromatic rings. The summed E-state index contributed by atoms with van der Waals surface area (Å²) >= 11 is 0. The van der Waals surface area contributed by atoms with Gasteiger partial charge in [0.1, 0.15) is 0 Å². The quantitative estimate of drug-likeness (QED) is 0.481. The predicted octanol–water partition coefficient (Wildman–Crippen LogP) is -1.48. The van der Waals surface area contributed by atoms with E-state index in [4.69, 9.17) is 0 Å². The number of aliphatic hydroxyl groups is 1. The number of rotatable bonds is 6. The molecule has 0 bridgehead atoms. The number of likely N-dealkylation sites (N-methyl/N-ethyl adjacent to an activating group) is 1. The number of aliphatic hydroxyl groups excluding tert-OH is 1. The van der Waals surface area contributed by atoms with Crippen LogP contribution in [0.25, 0.3) is 0 Å². The van der Waals surface area contributed by atoms with Gasteiger partial charge in [0.2, 0.25) is 0 Å². The largest absolute Gasteiger partial charge is 0.390 e. The zero-order valence-corrected chi connectivity index (χ0v) is 10.7. The highest BCUT2D eigenvalue weighted by atomic mass is 16.6. The van der Waals surface area contributed by atoms with E-state index in [2.05, 4.69) is 5.32 Å². The molecule has 1 atom stereocenters. The summed E-state index contributed by atoms with van der Waals surface area (Å²) < 4.78 is 1.75. The molecule has 1 heterocycles. The SMILES string of the molecule is CCn1cc([N+](=O)[O-])c(=O)n(CC(O)CNC)c1=O. The van der Waals surface area contributed by atoms with Gasteiger partial charge in [0.15, 0.2) is 0 Å². The van der Waals surface area contributed by atoms with Gasteiger partial charge in [-0.05, 0) is 14.0 Å². The number of hydrogen-bond acceptors (Lipinski definition) is 6. The van der Waals surface area contributed by atoms with Crippen LogP contribution in [0, 0.1) is 10.1 Å². The fourth-order valence-electron chi connectivity index (χ4n) is 1.66. The van der Waals surface area contributed by atoms with Crippen molar-refractivity contribution in [2.75, 3.05) is 13.6 Å². The van der Waals surface area contributed by atoms with Crippen LogP contribution in [0.15, 0.2) is 15.8 Å². The molecule has 1 rings (SSSR count). The number of aromatic nitrogens is 2. The maximum atomic E-state index is 11.9. The summed E-state index contributed by atoms with van der Waals surface area (Å²) in [5.74, 6) is 0. The van der Waals surface area contributed by atoms with Gasteiger partial charge in [-0.2, -0.15) is 0 Å². The van der Waals surface area contributed by atoms with E-state index in [1.807, 2.05) is 0 Å². The van der Waals surface area contributed by atoms with E-state index >= 15 is 0 Å². The van der Waals surface area contributed by atoms with Crippen molar-refractivity contribution < 1.29 is 10.0 Å². The Morgan fingerprint density at radius 1 is 1.53 bits per heavy atom. The van der Waals surface area contributed by atoms with Crippen LogP contribution < -0.4 is 16.6 Å². The van der Waals surface area contributed by atoms with Gasteiger partial charge in [-0.1, -0.05) is 0 Å². The Bertz CT molecular complexity index is 576. The van der Waals surface area contributed by atoms with E-state index in [-0.39, 0.29) is 19.6 Å². The molecule has 0 spiro atoms. The van der Waals surface area contributed by atoms with Gasteiger partial charge in [-0.15, -0.1) is 0 Å². The van der Waals surface area contributed by atoms with Crippen LogP contribution in [0.1, 0.15) is 6.92 Å². The molecule has 0 saturated heterocycles. The molecule has 0 radical (unpaired) electrons. The Kier molecular flexibility index (Phi) is 4.95. The van der Waals surface area contributed by atoms with Crippen LogP contribution in [0.4, 0.5) is 5.69 Å². The number of hydrogen-bond donors (Lipinski definition) is 2. The van der Waals surface area contributed by atoms with Gasteiger partial charge >= 0.3 is 16.9 Å². The van der Waals surface area contributed by atoms with Crippen LogP contribution in [-0.4, -0.2) is 38.9 Å². The highest BCUT2D eigenvalue weighted by molar-refractivity contribution is 5.21. The normalized spacial score (nSPS) is 12.4. The zero-order valence-electron chi connectivity index (χ0n) is 10.7. The molecule has 0 aliphatic heterocycles. The minimum atomic E-state index is -1.00. The van der Waals surface area contributed by atoms with E-state index < -0.39 is 28.0 Å². The second-order valence-electron chi connectivity index (χ2n) is 3.97. The summed E-state index contributed by atoms with van der Waals surface area (Å²) in [6.07, 6.45) is -0.0614. The fourth-order valence-corrected chi connectivity index (χ4v) is 1.66. The topological polar surface area (TPSA) is 119 Å². The number of nitrogens with zero attached hydrogens (tertiary/aromatic N) is 3. The van der Waals surface area contributed by atoms with Gasteiger partial charge in [-0.25, -0.2) is 4.79 Å². The summed E-state index contributed by atoms with van der Waals surface area (Å²) in [6.45, 7) is 1.70. The Morgan fingerprint density at radius 3 is 2.63 bits per heavy atom. The maximum absolute atomic E-state index is 11.9. The Morgan fingerprint density at radius 2 is 2.16 bits per heavy atom. The lowest BCUT2D eigenvalue weighted by Gasteiger charge is -2.12. The molecule has 9 nitrogen and oxygen atoms in total. The van der Waals surface area contributed by atoms with Gasteiger partial charge < -0.3 is 10.4 Å². The third-order valence-corrected chi connectivity index (χ3v) is 2.59. The molecule has 0 aliphatic carbocycles. The minimum Gasteiger partial charge on any atom is -0.390 e. The lowest BCUT2D eigenvalue weighted by molar-refractivity contribution is -0.387. The van der Waals surface area contributed by atoms with Gasteiger partial charge in [-0.3, -0.25) is 24.0 Å². The average molecular weight is 272 g/mol. The van der Waals surface area contributed by atoms with Gasteiger partial charge in [0, 0.05) is 13.1 Å². The Labute approximate surface area is 108 Å². The van der Waals surface area contributed by atoms with E-state index in [1.165, 1.54) is 0 Å². The monoisotopic (exact) mass is 272 g/mol. The van der Waals surface area contributed by atoms with Crippen molar-refractivity contribution in [3.05, 3.63) is 37.1 Å². The van der Waals surface area contributed by atoms with Crippen molar-refractivity contribution in [1.29, 1.82) is 0 Å². The molecular formula is C10H16N4O5. The third-order valence-electron chi connectivity index (χ3n) is 2.59. The summed E-state index contributed by atoms with van der Waals surface area (Å²) in [7, 11) is 1.60. The van der Waals surface area contributed by atoms with E-state index in [0.29, 0.717) is 4.57 Å². The maximum Gasteiger partial charge on any atom is 0.350 e. The van der Waals surface area contributed by atoms with Crippen molar-refractivity contribution >= 4 is 5.69 Å². The average Bonchev–Trinajstić information content (AvgIpc) is 2.34. The van der Waals surface area contributed by atoms with Crippen molar-refractivity contribution in [3.8, 4) is 0 Å². The summed E-state index contributed by atoms with van der Waals surface area (Å²) in [4.78, 5) is 33.7. The van der Waals surface area contributed by atoms with Gasteiger partial charge in [0.25, 0.3) is 0 Å². The molecular weight excluding hydrogens is 256 g/mol. The number of aryl methyl sites for hydroxylation is 1. The molecule has 1 unspecified atom stereocenters. The van der Waals surface area contributed by atoms with Gasteiger partial charge in [0.05, 0.1) is 23.8 Å². The van der Waals surface area contributed by atoms with Crippen LogP contribution >= 0.6 is 0 Å². The first-order valence-electron chi connectivity index (χ1n) is 5.73. The van der Waals surface area contributed by atoms with Crippen LogP contribution in [0.2, 0.25) is 0 Å². The van der Waals surface area contributed by atoms with Crippen molar-refractivity contribution in [3.63, 3.8) is 0 Å². The zero-order chi connectivity index (χ0) is 14.6. The first-order chi connectivity index (χ1) is 8.92. The first-order valence-corrected chi connectivity index (χ1v) is 5.73. The van der Waals surface area contributed by atoms with Crippen LogP contribution in [0.5, 0.6) is 0 Å². The van der Waals surface area contributed by atoms with Crippen molar-refractivity contribution in [2.24, 2.45) is 0 Å². The molecule has 0 aliphatic rings. The minimum absolute atomic E-state index is 0.167. The highest BCUT2D eigenvalue weighted by Crippen LogP contribution is 2.00. The van der Waals surface area contributed by atoms with Crippen LogP contribution in [0.3, 0.4) is 0 Å². The molecule has 0 saturated carbocycles. The first kappa shape index (κ1) is 15.1. The van der Waals surface area contributed by atoms with E-state index in [9.17, 15) is 24.8 Å². The summed E-state index contributed by atoms with van der Waals surface area (Å²) in [5.41, 5.74) is -2.36. The Balaban J connectivity index is 3.36. The predicted molar refractivity (Wildman–Crippen MR) is 67.2 cm³/mol. The summed E-state index contributed by atoms with van der Waals surface area (Å²) in [6, 6.07) is 0. The second-order valence-corrected chi connectivity index (χ2v) is 3.97. The smallest absolute Gasteiger partial charge is 0.350 e. The molecule has 9 heteroatoms. The van der Waals surface area contributed by atoms with Crippen LogP contribution in [-0.2, 0) is 13.1 Å². The fraction of sp³-hybridized carbons (Fsp3) is 0.600. The second kappa shape index (κ2) is 6.25. The molecule has 19 heavy (non-hydrogen) atoms. The molecule has 1 aromatic heterocycles. The third kappa shape index (κ3) is 3.26. The molecule has 0 aromatic carbocycles. The van der Waals surface area contributed by atoms with E-state index in [1.54, 1.807) is 14.0 Å². The number of nitrogens with one attached hydrogen (secondary N) is 1. The molecule has 106 valence electrons. The Hall–Kier alpha value is -2.00. The molecule has 0 amide bonds. The van der Waals surface area contributed by atoms with Crippen molar-refractivity contribution in [2.45, 2.75) is 26.1 Å². The summed E-state index contributed by atoms with van der Waals surface area (Å²) in [5, 5.41) is 23.1. The number of nitro groups is 1. The molecule has 2 N–H and O–H groups in total. The highest BCUT2D eigenvalue weighted by Gasteiger charge is 2.20. The lowest BCUT2D eigenvalue weighted by Crippen LogP contribution is -2.44. The van der Waals surface area contributed by atoms with Crippen molar-refractivity contribution in [1.82, 2.24) is 14.5 Å². The molecule has 0 fully saturated rings.